The molecule has 1 heterocycles. The number of hydrogen-bond donors (Lipinski definition) is 2. The van der Waals surface area contributed by atoms with E-state index in [2.05, 4.69) is 10.6 Å². The first-order chi connectivity index (χ1) is 7.83. The van der Waals surface area contributed by atoms with Gasteiger partial charge in [0.15, 0.2) is 0 Å². The van der Waals surface area contributed by atoms with E-state index >= 15 is 0 Å². The summed E-state index contributed by atoms with van der Waals surface area (Å²) in [4.78, 5) is 11.4. The molecule has 0 bridgehead atoms. The number of ether oxygens (including phenoxy) is 1. The number of carbonyl (C=O) groups is 1. The average molecular weight is 246 g/mol. The number of methoxy groups -OCH3 is 1. The van der Waals surface area contributed by atoms with E-state index in [-0.39, 0.29) is 5.91 Å². The number of hydrogen-bond acceptors (Lipinski definition) is 4. The van der Waals surface area contributed by atoms with Crippen LogP contribution in [-0.4, -0.2) is 50.8 Å². The highest BCUT2D eigenvalue weighted by Crippen LogP contribution is 2.22. The van der Waals surface area contributed by atoms with E-state index in [1.54, 1.807) is 7.11 Å². The van der Waals surface area contributed by atoms with E-state index in [1.165, 1.54) is 17.9 Å². The molecule has 0 radical (unpaired) electrons. The van der Waals surface area contributed by atoms with Gasteiger partial charge < -0.3 is 15.4 Å². The average Bonchev–Trinajstić information content (AvgIpc) is 2.77. The summed E-state index contributed by atoms with van der Waals surface area (Å²) in [7, 11) is 1.67. The monoisotopic (exact) mass is 246 g/mol. The Balaban J connectivity index is 1.89. The van der Waals surface area contributed by atoms with E-state index in [0.29, 0.717) is 19.7 Å². The Morgan fingerprint density at radius 1 is 1.56 bits per heavy atom. The zero-order chi connectivity index (χ0) is 11.6. The normalized spacial score (nSPS) is 19.9. The van der Waals surface area contributed by atoms with Crippen molar-refractivity contribution in [1.82, 2.24) is 10.6 Å². The van der Waals surface area contributed by atoms with Crippen molar-refractivity contribution in [3.8, 4) is 0 Å². The van der Waals surface area contributed by atoms with Gasteiger partial charge in [-0.05, 0) is 36.8 Å². The Bertz CT molecular complexity index is 196. The molecule has 0 saturated carbocycles. The zero-order valence-electron chi connectivity index (χ0n) is 9.96. The Kier molecular flexibility index (Phi) is 7.63. The molecular formula is C11H22N2O2S. The van der Waals surface area contributed by atoms with Crippen molar-refractivity contribution in [3.05, 3.63) is 0 Å². The van der Waals surface area contributed by atoms with Crippen LogP contribution in [0.4, 0.5) is 0 Å². The number of nitrogens with one attached hydrogen (secondary N) is 2. The Labute approximate surface area is 102 Å². The lowest BCUT2D eigenvalue weighted by molar-refractivity contribution is -0.120. The lowest BCUT2D eigenvalue weighted by Gasteiger charge is -2.10. The molecule has 1 fully saturated rings. The Morgan fingerprint density at radius 2 is 2.44 bits per heavy atom. The SMILES string of the molecule is COCCCNC(=O)CNCC1CCSC1. The molecule has 1 unspecified atom stereocenters. The van der Waals surface area contributed by atoms with Crippen LogP contribution in [0.15, 0.2) is 0 Å². The van der Waals surface area contributed by atoms with E-state index < -0.39 is 0 Å². The molecule has 1 saturated heterocycles. The third kappa shape index (κ3) is 6.35. The summed E-state index contributed by atoms with van der Waals surface area (Å²) in [5.41, 5.74) is 0. The second-order valence-corrected chi connectivity index (χ2v) is 5.21. The fraction of sp³-hybridized carbons (Fsp3) is 0.909. The van der Waals surface area contributed by atoms with Gasteiger partial charge in [0.25, 0.3) is 0 Å². The van der Waals surface area contributed by atoms with E-state index in [0.717, 1.165) is 18.9 Å². The highest BCUT2D eigenvalue weighted by Gasteiger charge is 2.14. The maximum Gasteiger partial charge on any atom is 0.233 e. The van der Waals surface area contributed by atoms with Gasteiger partial charge in [-0.15, -0.1) is 0 Å². The van der Waals surface area contributed by atoms with Crippen molar-refractivity contribution in [3.63, 3.8) is 0 Å². The smallest absolute Gasteiger partial charge is 0.233 e. The minimum Gasteiger partial charge on any atom is -0.385 e. The summed E-state index contributed by atoms with van der Waals surface area (Å²) in [6, 6.07) is 0. The third-order valence-electron chi connectivity index (χ3n) is 2.59. The molecule has 0 aromatic carbocycles. The van der Waals surface area contributed by atoms with Crippen LogP contribution in [0, 0.1) is 5.92 Å². The lowest BCUT2D eigenvalue weighted by Crippen LogP contribution is -2.36. The second-order valence-electron chi connectivity index (χ2n) is 4.06. The first kappa shape index (κ1) is 13.8. The van der Waals surface area contributed by atoms with Crippen LogP contribution in [-0.2, 0) is 9.53 Å². The molecule has 1 amide bonds. The van der Waals surface area contributed by atoms with Crippen molar-refractivity contribution < 1.29 is 9.53 Å². The lowest BCUT2D eigenvalue weighted by atomic mass is 10.1. The van der Waals surface area contributed by atoms with Crippen molar-refractivity contribution in [1.29, 1.82) is 0 Å². The molecule has 16 heavy (non-hydrogen) atoms. The van der Waals surface area contributed by atoms with Gasteiger partial charge in [-0.2, -0.15) is 11.8 Å². The summed E-state index contributed by atoms with van der Waals surface area (Å²) >= 11 is 2.01. The largest absolute Gasteiger partial charge is 0.385 e. The van der Waals surface area contributed by atoms with Crippen LogP contribution in [0.3, 0.4) is 0 Å². The van der Waals surface area contributed by atoms with Gasteiger partial charge >= 0.3 is 0 Å². The van der Waals surface area contributed by atoms with Crippen LogP contribution in [0.5, 0.6) is 0 Å². The van der Waals surface area contributed by atoms with E-state index in [9.17, 15) is 4.79 Å². The van der Waals surface area contributed by atoms with Crippen LogP contribution in [0.2, 0.25) is 0 Å². The molecule has 0 spiro atoms. The number of carbonyl (C=O) groups excluding carboxylic acids is 1. The van der Waals surface area contributed by atoms with E-state index in [1.807, 2.05) is 11.8 Å². The summed E-state index contributed by atoms with van der Waals surface area (Å²) < 4.78 is 4.90. The van der Waals surface area contributed by atoms with Crippen molar-refractivity contribution >= 4 is 17.7 Å². The number of thioether (sulfide) groups is 1. The summed E-state index contributed by atoms with van der Waals surface area (Å²) in [5, 5.41) is 6.07. The van der Waals surface area contributed by atoms with Crippen LogP contribution >= 0.6 is 11.8 Å². The molecule has 94 valence electrons. The molecule has 0 aromatic rings. The minimum atomic E-state index is 0.0850. The highest BCUT2D eigenvalue weighted by molar-refractivity contribution is 7.99. The van der Waals surface area contributed by atoms with Gasteiger partial charge in [0, 0.05) is 20.3 Å². The summed E-state index contributed by atoms with van der Waals surface area (Å²) in [6.45, 7) is 2.81. The predicted octanol–water partition coefficient (Wildman–Crippen LogP) is 0.482. The van der Waals surface area contributed by atoms with Gasteiger partial charge in [-0.25, -0.2) is 0 Å². The van der Waals surface area contributed by atoms with Gasteiger partial charge in [0.2, 0.25) is 5.91 Å². The van der Waals surface area contributed by atoms with Gasteiger partial charge in [-0.1, -0.05) is 0 Å². The van der Waals surface area contributed by atoms with Crippen LogP contribution in [0.1, 0.15) is 12.8 Å². The van der Waals surface area contributed by atoms with Crippen molar-refractivity contribution in [2.45, 2.75) is 12.8 Å². The molecule has 1 aliphatic rings. The molecule has 1 aliphatic heterocycles. The minimum absolute atomic E-state index is 0.0850. The van der Waals surface area contributed by atoms with Gasteiger partial charge in [0.1, 0.15) is 0 Å². The predicted molar refractivity (Wildman–Crippen MR) is 67.8 cm³/mol. The first-order valence-corrected chi connectivity index (χ1v) is 7.02. The molecule has 1 rings (SSSR count). The summed E-state index contributed by atoms with van der Waals surface area (Å²) in [5.74, 6) is 3.35. The fourth-order valence-corrected chi connectivity index (χ4v) is 2.93. The van der Waals surface area contributed by atoms with Crippen molar-refractivity contribution in [2.75, 3.05) is 44.9 Å². The third-order valence-corrected chi connectivity index (χ3v) is 3.82. The quantitative estimate of drug-likeness (QED) is 0.612. The number of amides is 1. The molecule has 0 aromatic heterocycles. The number of rotatable bonds is 8. The second kappa shape index (κ2) is 8.84. The maximum absolute atomic E-state index is 11.4. The van der Waals surface area contributed by atoms with E-state index in [4.69, 9.17) is 4.74 Å². The van der Waals surface area contributed by atoms with Crippen molar-refractivity contribution in [2.24, 2.45) is 5.92 Å². The first-order valence-electron chi connectivity index (χ1n) is 5.87. The Morgan fingerprint density at radius 3 is 3.12 bits per heavy atom. The molecule has 2 N–H and O–H groups in total. The van der Waals surface area contributed by atoms with Gasteiger partial charge in [-0.3, -0.25) is 4.79 Å². The fourth-order valence-electron chi connectivity index (χ4n) is 1.64. The molecule has 5 heteroatoms. The molecule has 4 nitrogen and oxygen atoms in total. The zero-order valence-corrected chi connectivity index (χ0v) is 10.8. The molecule has 1 atom stereocenters. The van der Waals surface area contributed by atoms with Crippen LogP contribution < -0.4 is 10.6 Å². The molecular weight excluding hydrogens is 224 g/mol. The summed E-state index contributed by atoms with van der Waals surface area (Å²) in [6.07, 6.45) is 2.16. The maximum atomic E-state index is 11.4. The Hall–Kier alpha value is -0.260. The van der Waals surface area contributed by atoms with Crippen LogP contribution in [0.25, 0.3) is 0 Å². The highest BCUT2D eigenvalue weighted by atomic mass is 32.2. The van der Waals surface area contributed by atoms with Gasteiger partial charge in [0.05, 0.1) is 6.54 Å². The topological polar surface area (TPSA) is 50.4 Å². The molecule has 0 aliphatic carbocycles. The standard InChI is InChI=1S/C11H22N2O2S/c1-15-5-2-4-13-11(14)8-12-7-10-3-6-16-9-10/h10,12H,2-9H2,1H3,(H,13,14).